The second kappa shape index (κ2) is 4.78. The summed E-state index contributed by atoms with van der Waals surface area (Å²) in [5.41, 5.74) is 3.71. The van der Waals surface area contributed by atoms with Crippen LogP contribution in [0.2, 0.25) is 0 Å². The Labute approximate surface area is 119 Å². The van der Waals surface area contributed by atoms with E-state index < -0.39 is 11.4 Å². The fraction of sp³-hybridized carbons (Fsp3) is 0.278. The van der Waals surface area contributed by atoms with Gasteiger partial charge in [-0.25, -0.2) is 0 Å². The lowest BCUT2D eigenvalue weighted by atomic mass is 9.76. The molecule has 0 spiro atoms. The Kier molecular flexibility index (Phi) is 3.09. The molecular formula is C18H18O2. The van der Waals surface area contributed by atoms with E-state index in [1.807, 2.05) is 49.4 Å². The fourth-order valence-electron chi connectivity index (χ4n) is 3.22. The number of carboxylic acids is 1. The molecule has 1 unspecified atom stereocenters. The molecule has 2 aromatic rings. The number of aliphatic carboxylic acids is 1. The minimum atomic E-state index is -0.758. The molecule has 1 aliphatic rings. The minimum absolute atomic E-state index is 0.569. The third-order valence-corrected chi connectivity index (χ3v) is 4.39. The van der Waals surface area contributed by atoms with E-state index in [1.165, 1.54) is 11.1 Å². The normalized spacial score (nSPS) is 20.6. The molecule has 20 heavy (non-hydrogen) atoms. The monoisotopic (exact) mass is 266 g/mol. The number of carbonyl (C=O) groups is 1. The predicted molar refractivity (Wildman–Crippen MR) is 79.0 cm³/mol. The zero-order valence-corrected chi connectivity index (χ0v) is 11.6. The van der Waals surface area contributed by atoms with Crippen LogP contribution < -0.4 is 0 Å². The summed E-state index contributed by atoms with van der Waals surface area (Å²) >= 11 is 0. The van der Waals surface area contributed by atoms with Crippen molar-refractivity contribution in [1.82, 2.24) is 0 Å². The SMILES string of the molecule is Cc1ccc(CC2(C(=O)O)CCc3ccccc32)cc1. The van der Waals surface area contributed by atoms with Crippen LogP contribution in [-0.2, 0) is 23.1 Å². The molecule has 1 atom stereocenters. The van der Waals surface area contributed by atoms with Crippen molar-refractivity contribution in [3.63, 3.8) is 0 Å². The van der Waals surface area contributed by atoms with Gasteiger partial charge in [-0.1, -0.05) is 54.1 Å². The molecule has 102 valence electrons. The lowest BCUT2D eigenvalue weighted by Gasteiger charge is -2.25. The predicted octanol–water partition coefficient (Wildman–Crippen LogP) is 3.51. The average Bonchev–Trinajstić information content (AvgIpc) is 2.82. The summed E-state index contributed by atoms with van der Waals surface area (Å²) in [6.07, 6.45) is 2.11. The van der Waals surface area contributed by atoms with Crippen LogP contribution in [0.3, 0.4) is 0 Å². The van der Waals surface area contributed by atoms with Gasteiger partial charge in [-0.15, -0.1) is 0 Å². The molecule has 0 aliphatic heterocycles. The van der Waals surface area contributed by atoms with Gasteiger partial charge in [0.2, 0.25) is 0 Å². The van der Waals surface area contributed by atoms with Crippen LogP contribution in [0.25, 0.3) is 0 Å². The standard InChI is InChI=1S/C18H18O2/c1-13-6-8-14(9-7-13)12-18(17(19)20)11-10-15-4-2-3-5-16(15)18/h2-9H,10-12H2,1H3,(H,19,20). The molecular weight excluding hydrogens is 248 g/mol. The largest absolute Gasteiger partial charge is 0.481 e. The van der Waals surface area contributed by atoms with E-state index in [4.69, 9.17) is 0 Å². The van der Waals surface area contributed by atoms with Crippen molar-refractivity contribution in [3.8, 4) is 0 Å². The van der Waals surface area contributed by atoms with E-state index in [1.54, 1.807) is 0 Å². The molecule has 0 heterocycles. The van der Waals surface area contributed by atoms with Gasteiger partial charge >= 0.3 is 5.97 Å². The highest BCUT2D eigenvalue weighted by atomic mass is 16.4. The maximum Gasteiger partial charge on any atom is 0.314 e. The third kappa shape index (κ3) is 2.01. The number of hydrogen-bond donors (Lipinski definition) is 1. The van der Waals surface area contributed by atoms with E-state index >= 15 is 0 Å². The molecule has 0 amide bonds. The topological polar surface area (TPSA) is 37.3 Å². The first-order chi connectivity index (χ1) is 9.62. The zero-order valence-electron chi connectivity index (χ0n) is 11.6. The van der Waals surface area contributed by atoms with Crippen molar-refractivity contribution in [2.45, 2.75) is 31.6 Å². The Morgan fingerprint density at radius 3 is 2.55 bits per heavy atom. The van der Waals surface area contributed by atoms with Gasteiger partial charge in [0.15, 0.2) is 0 Å². The van der Waals surface area contributed by atoms with Crippen molar-refractivity contribution >= 4 is 5.97 Å². The molecule has 3 rings (SSSR count). The Balaban J connectivity index is 2.02. The van der Waals surface area contributed by atoms with Crippen LogP contribution in [0.5, 0.6) is 0 Å². The maximum absolute atomic E-state index is 12.0. The Hall–Kier alpha value is -2.09. The van der Waals surface area contributed by atoms with Gasteiger partial charge in [0, 0.05) is 0 Å². The molecule has 1 N–H and O–H groups in total. The van der Waals surface area contributed by atoms with Crippen LogP contribution in [0, 0.1) is 6.92 Å². The van der Waals surface area contributed by atoms with E-state index in [9.17, 15) is 9.90 Å². The van der Waals surface area contributed by atoms with Gasteiger partial charge in [-0.05, 0) is 42.9 Å². The summed E-state index contributed by atoms with van der Waals surface area (Å²) in [5.74, 6) is -0.706. The molecule has 0 aromatic heterocycles. The highest BCUT2D eigenvalue weighted by Crippen LogP contribution is 2.41. The number of rotatable bonds is 3. The Bertz CT molecular complexity index is 643. The van der Waals surface area contributed by atoms with Gasteiger partial charge in [0.25, 0.3) is 0 Å². The van der Waals surface area contributed by atoms with Crippen LogP contribution in [0.4, 0.5) is 0 Å². The molecule has 0 fully saturated rings. The Morgan fingerprint density at radius 2 is 1.85 bits per heavy atom. The molecule has 0 bridgehead atoms. The van der Waals surface area contributed by atoms with Gasteiger partial charge in [0.05, 0.1) is 5.41 Å². The first-order valence-electron chi connectivity index (χ1n) is 6.99. The fourth-order valence-corrected chi connectivity index (χ4v) is 3.22. The quantitative estimate of drug-likeness (QED) is 0.923. The van der Waals surface area contributed by atoms with Crippen LogP contribution in [0.1, 0.15) is 28.7 Å². The third-order valence-electron chi connectivity index (χ3n) is 4.39. The zero-order chi connectivity index (χ0) is 14.2. The van der Waals surface area contributed by atoms with Gasteiger partial charge in [-0.2, -0.15) is 0 Å². The minimum Gasteiger partial charge on any atom is -0.481 e. The van der Waals surface area contributed by atoms with Crippen LogP contribution in [0.15, 0.2) is 48.5 Å². The van der Waals surface area contributed by atoms with E-state index in [-0.39, 0.29) is 0 Å². The van der Waals surface area contributed by atoms with Crippen molar-refractivity contribution in [1.29, 1.82) is 0 Å². The number of fused-ring (bicyclic) bond motifs is 1. The molecule has 2 aromatic carbocycles. The molecule has 2 heteroatoms. The first-order valence-corrected chi connectivity index (χ1v) is 6.99. The molecule has 1 aliphatic carbocycles. The van der Waals surface area contributed by atoms with Crippen LogP contribution in [-0.4, -0.2) is 11.1 Å². The highest BCUT2D eigenvalue weighted by Gasteiger charge is 2.45. The maximum atomic E-state index is 12.0. The molecule has 0 saturated carbocycles. The number of benzene rings is 2. The van der Waals surface area contributed by atoms with E-state index in [2.05, 4.69) is 6.07 Å². The smallest absolute Gasteiger partial charge is 0.314 e. The first kappa shape index (κ1) is 12.9. The second-order valence-corrected chi connectivity index (χ2v) is 5.71. The molecule has 0 radical (unpaired) electrons. The highest BCUT2D eigenvalue weighted by molar-refractivity contribution is 5.83. The molecule has 0 saturated heterocycles. The summed E-state index contributed by atoms with van der Waals surface area (Å²) < 4.78 is 0. The number of carboxylic acid groups (broad SMARTS) is 1. The van der Waals surface area contributed by atoms with Crippen molar-refractivity contribution in [2.75, 3.05) is 0 Å². The lowest BCUT2D eigenvalue weighted by Crippen LogP contribution is -2.35. The van der Waals surface area contributed by atoms with Crippen molar-refractivity contribution in [3.05, 3.63) is 70.8 Å². The summed E-state index contributed by atoms with van der Waals surface area (Å²) in [7, 11) is 0. The summed E-state index contributed by atoms with van der Waals surface area (Å²) in [6, 6.07) is 16.1. The van der Waals surface area contributed by atoms with E-state index in [0.29, 0.717) is 12.8 Å². The number of hydrogen-bond acceptors (Lipinski definition) is 1. The van der Waals surface area contributed by atoms with Crippen molar-refractivity contribution < 1.29 is 9.90 Å². The summed E-state index contributed by atoms with van der Waals surface area (Å²) in [4.78, 5) is 12.0. The van der Waals surface area contributed by atoms with Gasteiger partial charge < -0.3 is 5.11 Å². The van der Waals surface area contributed by atoms with Crippen molar-refractivity contribution in [2.24, 2.45) is 0 Å². The van der Waals surface area contributed by atoms with E-state index in [0.717, 1.165) is 17.5 Å². The summed E-state index contributed by atoms with van der Waals surface area (Å²) in [5, 5.41) is 9.83. The van der Waals surface area contributed by atoms with Gasteiger partial charge in [0.1, 0.15) is 0 Å². The van der Waals surface area contributed by atoms with Crippen LogP contribution >= 0.6 is 0 Å². The lowest BCUT2D eigenvalue weighted by molar-refractivity contribution is -0.143. The average molecular weight is 266 g/mol. The summed E-state index contributed by atoms with van der Waals surface area (Å²) in [6.45, 7) is 2.04. The number of aryl methyl sites for hydroxylation is 2. The Morgan fingerprint density at radius 1 is 1.15 bits per heavy atom. The second-order valence-electron chi connectivity index (χ2n) is 5.71. The molecule has 2 nitrogen and oxygen atoms in total. The van der Waals surface area contributed by atoms with Gasteiger partial charge in [-0.3, -0.25) is 4.79 Å².